The van der Waals surface area contributed by atoms with Gasteiger partial charge in [0.15, 0.2) is 0 Å². The van der Waals surface area contributed by atoms with Crippen molar-refractivity contribution in [1.82, 2.24) is 10.6 Å². The smallest absolute Gasteiger partial charge is 0.326 e. The minimum Gasteiger partial charge on any atom is -0.481 e. The van der Waals surface area contributed by atoms with Crippen molar-refractivity contribution in [3.8, 4) is 0 Å². The van der Waals surface area contributed by atoms with Crippen LogP contribution in [-0.2, 0) is 24.0 Å². The van der Waals surface area contributed by atoms with Crippen molar-refractivity contribution in [2.75, 3.05) is 0 Å². The first kappa shape index (κ1) is 20.3. The summed E-state index contributed by atoms with van der Waals surface area (Å²) in [7, 11) is 0. The van der Waals surface area contributed by atoms with E-state index in [2.05, 4.69) is 5.32 Å². The molecule has 0 saturated heterocycles. The lowest BCUT2D eigenvalue weighted by Gasteiger charge is -2.19. The Labute approximate surface area is 130 Å². The molecule has 0 heterocycles. The van der Waals surface area contributed by atoms with E-state index >= 15 is 0 Å². The number of rotatable bonds is 10. The number of carbonyl (C=O) groups excluding carboxylic acids is 2. The van der Waals surface area contributed by atoms with E-state index < -0.39 is 54.3 Å². The second-order valence-corrected chi connectivity index (χ2v) is 4.77. The Balaban J connectivity index is 4.52. The molecule has 0 aromatic heterocycles. The van der Waals surface area contributed by atoms with Crippen LogP contribution in [0.5, 0.6) is 0 Å². The van der Waals surface area contributed by atoms with Gasteiger partial charge in [-0.15, -0.1) is 0 Å². The van der Waals surface area contributed by atoms with Crippen LogP contribution in [0.3, 0.4) is 0 Å². The van der Waals surface area contributed by atoms with Gasteiger partial charge in [-0.1, -0.05) is 0 Å². The van der Waals surface area contributed by atoms with Gasteiger partial charge < -0.3 is 31.7 Å². The zero-order chi connectivity index (χ0) is 18.2. The molecule has 0 fully saturated rings. The molecule has 2 amide bonds. The maximum Gasteiger partial charge on any atom is 0.326 e. The van der Waals surface area contributed by atoms with Crippen LogP contribution in [0.1, 0.15) is 26.2 Å². The number of carboxylic acid groups (broad SMARTS) is 3. The largest absolute Gasteiger partial charge is 0.481 e. The third-order valence-electron chi connectivity index (χ3n) is 2.75. The lowest BCUT2D eigenvalue weighted by Crippen LogP contribution is -2.53. The number of hydrogen-bond donors (Lipinski definition) is 6. The molecule has 0 aromatic rings. The minimum absolute atomic E-state index is 0.133. The standard InChI is InChI=1S/C12H19N3O8/c1-5(14-11(21)6(13)2-3-8(16)17)10(20)15-7(12(22)23)4-9(18)19/h5-7H,2-4,13H2,1H3,(H,14,21)(H,15,20)(H,16,17)(H,18,19)(H,22,23)/t5-,6-,7-/m0/s1. The molecule has 23 heavy (non-hydrogen) atoms. The monoisotopic (exact) mass is 333 g/mol. The summed E-state index contributed by atoms with van der Waals surface area (Å²) in [5.74, 6) is -5.75. The predicted octanol–water partition coefficient (Wildman–Crippen LogP) is -2.27. The highest BCUT2D eigenvalue weighted by Gasteiger charge is 2.27. The van der Waals surface area contributed by atoms with E-state index in [0.717, 1.165) is 0 Å². The van der Waals surface area contributed by atoms with E-state index in [1.54, 1.807) is 0 Å². The average molecular weight is 333 g/mol. The molecule has 11 nitrogen and oxygen atoms in total. The van der Waals surface area contributed by atoms with Crippen LogP contribution in [0.4, 0.5) is 0 Å². The van der Waals surface area contributed by atoms with Crippen LogP contribution >= 0.6 is 0 Å². The maximum absolute atomic E-state index is 11.7. The van der Waals surface area contributed by atoms with Crippen molar-refractivity contribution in [2.24, 2.45) is 5.73 Å². The fraction of sp³-hybridized carbons (Fsp3) is 0.583. The van der Waals surface area contributed by atoms with Gasteiger partial charge in [-0.25, -0.2) is 4.79 Å². The van der Waals surface area contributed by atoms with Crippen molar-refractivity contribution < 1.29 is 39.3 Å². The first-order chi connectivity index (χ1) is 10.5. The van der Waals surface area contributed by atoms with E-state index in [1.165, 1.54) is 6.92 Å². The molecule has 0 bridgehead atoms. The van der Waals surface area contributed by atoms with E-state index in [-0.39, 0.29) is 12.8 Å². The zero-order valence-electron chi connectivity index (χ0n) is 12.3. The van der Waals surface area contributed by atoms with Gasteiger partial charge in [-0.05, 0) is 13.3 Å². The van der Waals surface area contributed by atoms with Crippen LogP contribution in [-0.4, -0.2) is 63.2 Å². The predicted molar refractivity (Wildman–Crippen MR) is 74.3 cm³/mol. The summed E-state index contributed by atoms with van der Waals surface area (Å²) >= 11 is 0. The average Bonchev–Trinajstić information content (AvgIpc) is 2.42. The van der Waals surface area contributed by atoms with Gasteiger partial charge in [0.05, 0.1) is 12.5 Å². The summed E-state index contributed by atoms with van der Waals surface area (Å²) in [6, 6.07) is -3.95. The quantitative estimate of drug-likeness (QED) is 0.255. The fourth-order valence-electron chi connectivity index (χ4n) is 1.47. The Morgan fingerprint density at radius 2 is 1.52 bits per heavy atom. The summed E-state index contributed by atoms with van der Waals surface area (Å²) in [5, 5.41) is 30.0. The molecule has 0 saturated carbocycles. The van der Waals surface area contributed by atoms with Crippen LogP contribution < -0.4 is 16.4 Å². The number of hydrogen-bond acceptors (Lipinski definition) is 6. The molecule has 0 spiro atoms. The number of carboxylic acids is 3. The number of carbonyl (C=O) groups is 5. The molecule has 3 atom stereocenters. The highest BCUT2D eigenvalue weighted by atomic mass is 16.4. The van der Waals surface area contributed by atoms with Gasteiger partial charge in [0.1, 0.15) is 12.1 Å². The van der Waals surface area contributed by atoms with Crippen molar-refractivity contribution in [1.29, 1.82) is 0 Å². The minimum atomic E-state index is -1.64. The zero-order valence-corrected chi connectivity index (χ0v) is 12.3. The lowest BCUT2D eigenvalue weighted by atomic mass is 10.1. The van der Waals surface area contributed by atoms with E-state index in [1.807, 2.05) is 5.32 Å². The Bertz CT molecular complexity index is 493. The SMILES string of the molecule is C[C@H](NC(=O)[C@@H](N)CCC(=O)O)C(=O)N[C@@H](CC(=O)O)C(=O)O. The van der Waals surface area contributed by atoms with Crippen LogP contribution in [0, 0.1) is 0 Å². The molecular formula is C12H19N3O8. The van der Waals surface area contributed by atoms with E-state index in [9.17, 15) is 24.0 Å². The number of nitrogens with one attached hydrogen (secondary N) is 2. The second-order valence-electron chi connectivity index (χ2n) is 4.77. The Morgan fingerprint density at radius 1 is 0.957 bits per heavy atom. The van der Waals surface area contributed by atoms with Gasteiger partial charge in [0.2, 0.25) is 11.8 Å². The summed E-state index contributed by atoms with van der Waals surface area (Å²) < 4.78 is 0. The molecule has 0 radical (unpaired) electrons. The Hall–Kier alpha value is -2.69. The molecule has 0 rings (SSSR count). The molecule has 7 N–H and O–H groups in total. The Morgan fingerprint density at radius 3 is 1.96 bits per heavy atom. The van der Waals surface area contributed by atoms with Gasteiger partial charge in [-0.3, -0.25) is 19.2 Å². The Kier molecular flexibility index (Phi) is 8.26. The van der Waals surface area contributed by atoms with Crippen molar-refractivity contribution >= 4 is 29.7 Å². The number of amides is 2. The van der Waals surface area contributed by atoms with Gasteiger partial charge >= 0.3 is 17.9 Å². The van der Waals surface area contributed by atoms with Crippen LogP contribution in [0.2, 0.25) is 0 Å². The highest BCUT2D eigenvalue weighted by molar-refractivity contribution is 5.92. The normalized spacial score (nSPS) is 14.2. The summed E-state index contributed by atoms with van der Waals surface area (Å²) in [5.41, 5.74) is 5.45. The molecule has 11 heteroatoms. The molecule has 130 valence electrons. The lowest BCUT2D eigenvalue weighted by molar-refractivity contribution is -0.147. The molecule has 0 aliphatic rings. The summed E-state index contributed by atoms with van der Waals surface area (Å²) in [6.07, 6.45) is -1.28. The van der Waals surface area contributed by atoms with Crippen LogP contribution in [0.25, 0.3) is 0 Å². The highest BCUT2D eigenvalue weighted by Crippen LogP contribution is 1.98. The molecule has 0 aromatic carbocycles. The maximum atomic E-state index is 11.7. The molecular weight excluding hydrogens is 314 g/mol. The number of aliphatic carboxylic acids is 3. The third-order valence-corrected chi connectivity index (χ3v) is 2.75. The fourth-order valence-corrected chi connectivity index (χ4v) is 1.47. The summed E-state index contributed by atoms with van der Waals surface area (Å²) in [6.45, 7) is 1.25. The van der Waals surface area contributed by atoms with E-state index in [0.29, 0.717) is 0 Å². The topological polar surface area (TPSA) is 196 Å². The van der Waals surface area contributed by atoms with Gasteiger partial charge in [-0.2, -0.15) is 0 Å². The van der Waals surface area contributed by atoms with Gasteiger partial charge in [0.25, 0.3) is 0 Å². The first-order valence-electron chi connectivity index (χ1n) is 6.57. The first-order valence-corrected chi connectivity index (χ1v) is 6.57. The third kappa shape index (κ3) is 8.36. The number of nitrogens with two attached hydrogens (primary N) is 1. The van der Waals surface area contributed by atoms with Crippen molar-refractivity contribution in [3.05, 3.63) is 0 Å². The van der Waals surface area contributed by atoms with Crippen LogP contribution in [0.15, 0.2) is 0 Å². The molecule has 0 aliphatic carbocycles. The van der Waals surface area contributed by atoms with E-state index in [4.69, 9.17) is 21.1 Å². The summed E-state index contributed by atoms with van der Waals surface area (Å²) in [4.78, 5) is 55.1. The molecule has 0 aliphatic heterocycles. The second kappa shape index (κ2) is 9.35. The van der Waals surface area contributed by atoms with Crippen molar-refractivity contribution in [3.63, 3.8) is 0 Å². The van der Waals surface area contributed by atoms with Gasteiger partial charge in [0, 0.05) is 6.42 Å². The molecule has 0 unspecified atom stereocenters. The van der Waals surface area contributed by atoms with Crippen molar-refractivity contribution in [2.45, 2.75) is 44.3 Å².